The maximum Gasteiger partial charge on any atom is 0.158 e. The van der Waals surface area contributed by atoms with Gasteiger partial charge in [-0.1, -0.05) is 6.07 Å². The van der Waals surface area contributed by atoms with E-state index >= 15 is 0 Å². The normalized spacial score (nSPS) is 18.6. The summed E-state index contributed by atoms with van der Waals surface area (Å²) in [6, 6.07) is 11.7. The first-order valence-electron chi connectivity index (χ1n) is 8.63. The Hall–Kier alpha value is -2.90. The Kier molecular flexibility index (Phi) is 4.10. The van der Waals surface area contributed by atoms with E-state index in [2.05, 4.69) is 45.3 Å². The fourth-order valence-corrected chi connectivity index (χ4v) is 3.50. The summed E-state index contributed by atoms with van der Waals surface area (Å²) in [4.78, 5) is 4.57. The van der Waals surface area contributed by atoms with Gasteiger partial charge >= 0.3 is 0 Å². The molecular formula is C19H22N6O. The van der Waals surface area contributed by atoms with Gasteiger partial charge in [-0.25, -0.2) is 9.67 Å². The molecule has 0 saturated heterocycles. The number of nitrogens with one attached hydrogen (secondary N) is 3. The summed E-state index contributed by atoms with van der Waals surface area (Å²) in [5.41, 5.74) is 6.33. The number of benzene rings is 1. The Morgan fingerprint density at radius 2 is 2.12 bits per heavy atom. The molecule has 26 heavy (non-hydrogen) atoms. The zero-order chi connectivity index (χ0) is 18.1. The van der Waals surface area contributed by atoms with Crippen LogP contribution in [0.3, 0.4) is 0 Å². The quantitative estimate of drug-likeness (QED) is 0.529. The average molecular weight is 350 g/mol. The van der Waals surface area contributed by atoms with Crippen LogP contribution >= 0.6 is 0 Å². The summed E-state index contributed by atoms with van der Waals surface area (Å²) in [6.45, 7) is 2.23. The molecular weight excluding hydrogens is 328 g/mol. The van der Waals surface area contributed by atoms with E-state index in [-0.39, 0.29) is 5.54 Å². The maximum atomic E-state index is 9.41. The molecule has 0 saturated carbocycles. The van der Waals surface area contributed by atoms with E-state index in [9.17, 15) is 5.21 Å². The van der Waals surface area contributed by atoms with Gasteiger partial charge in [-0.05, 0) is 68.3 Å². The number of rotatable bonds is 5. The minimum Gasteiger partial charge on any atom is -0.338 e. The lowest BCUT2D eigenvalue weighted by atomic mass is 9.94. The van der Waals surface area contributed by atoms with Gasteiger partial charge in [-0.3, -0.25) is 10.7 Å². The molecule has 7 nitrogen and oxygen atoms in total. The van der Waals surface area contributed by atoms with Crippen LogP contribution in [-0.2, 0) is 12.0 Å². The Bertz CT molecular complexity index is 924. The lowest BCUT2D eigenvalue weighted by molar-refractivity contribution is 0.389. The molecule has 1 aromatic carbocycles. The van der Waals surface area contributed by atoms with Crippen LogP contribution in [0.5, 0.6) is 0 Å². The minimum atomic E-state index is 0.0317. The van der Waals surface area contributed by atoms with Crippen molar-refractivity contribution in [3.63, 3.8) is 0 Å². The molecule has 4 rings (SSSR count). The minimum absolute atomic E-state index is 0.0317. The van der Waals surface area contributed by atoms with E-state index < -0.39 is 0 Å². The summed E-state index contributed by atoms with van der Waals surface area (Å²) < 4.78 is 1.67. The molecule has 0 bridgehead atoms. The van der Waals surface area contributed by atoms with Crippen molar-refractivity contribution in [3.05, 3.63) is 59.9 Å². The number of hydrogen-bond donors (Lipinski definition) is 4. The zero-order valence-corrected chi connectivity index (χ0v) is 14.8. The van der Waals surface area contributed by atoms with Gasteiger partial charge in [0, 0.05) is 23.6 Å². The highest BCUT2D eigenvalue weighted by molar-refractivity contribution is 5.71. The van der Waals surface area contributed by atoms with Gasteiger partial charge in [0.25, 0.3) is 0 Å². The molecule has 0 aliphatic heterocycles. The molecule has 0 fully saturated rings. The zero-order valence-electron chi connectivity index (χ0n) is 14.8. The smallest absolute Gasteiger partial charge is 0.158 e. The van der Waals surface area contributed by atoms with Crippen LogP contribution in [0.1, 0.15) is 24.5 Å². The van der Waals surface area contributed by atoms with Crippen LogP contribution in [0.4, 0.5) is 17.2 Å². The highest BCUT2D eigenvalue weighted by Gasteiger charge is 2.32. The third kappa shape index (κ3) is 2.81. The summed E-state index contributed by atoms with van der Waals surface area (Å²) in [5.74, 6) is 1.20. The summed E-state index contributed by atoms with van der Waals surface area (Å²) in [5, 5.41) is 20.3. The molecule has 0 amide bonds. The van der Waals surface area contributed by atoms with Crippen molar-refractivity contribution in [1.82, 2.24) is 20.1 Å². The van der Waals surface area contributed by atoms with Gasteiger partial charge < -0.3 is 10.6 Å². The van der Waals surface area contributed by atoms with Gasteiger partial charge in [-0.2, -0.15) is 5.10 Å². The number of anilines is 3. The lowest BCUT2D eigenvalue weighted by Gasteiger charge is -2.25. The van der Waals surface area contributed by atoms with Crippen LogP contribution in [-0.4, -0.2) is 27.0 Å². The van der Waals surface area contributed by atoms with E-state index in [1.54, 1.807) is 23.0 Å². The number of aromatic nitrogens is 3. The van der Waals surface area contributed by atoms with Gasteiger partial charge in [0.15, 0.2) is 11.6 Å². The highest BCUT2D eigenvalue weighted by atomic mass is 16.5. The number of aryl methyl sites for hydroxylation is 1. The molecule has 134 valence electrons. The molecule has 2 aromatic heterocycles. The van der Waals surface area contributed by atoms with E-state index in [1.807, 2.05) is 25.4 Å². The van der Waals surface area contributed by atoms with Crippen molar-refractivity contribution in [1.29, 1.82) is 0 Å². The topological polar surface area (TPSA) is 87.0 Å². The largest absolute Gasteiger partial charge is 0.338 e. The van der Waals surface area contributed by atoms with Crippen LogP contribution in [0.25, 0.3) is 5.82 Å². The fraction of sp³-hybridized carbons (Fsp3) is 0.263. The standard InChI is InChI=1S/C19H22N6O/c1-19(20-2)9-8-13-12-14(4-5-15(13)19)22-18-16(24-26)6-7-17(23-18)25-11-3-10-21-25/h3-7,10-12,20,24,26H,8-9H2,1-2H3,(H,22,23). The second kappa shape index (κ2) is 6.44. The first-order valence-corrected chi connectivity index (χ1v) is 8.63. The molecule has 0 spiro atoms. The second-order valence-corrected chi connectivity index (χ2v) is 6.71. The van der Waals surface area contributed by atoms with Crippen molar-refractivity contribution in [2.45, 2.75) is 25.3 Å². The molecule has 3 aromatic rings. The van der Waals surface area contributed by atoms with Crippen molar-refractivity contribution < 1.29 is 5.21 Å². The lowest BCUT2D eigenvalue weighted by Crippen LogP contribution is -2.34. The summed E-state index contributed by atoms with van der Waals surface area (Å²) >= 11 is 0. The molecule has 2 heterocycles. The molecule has 1 unspecified atom stereocenters. The second-order valence-electron chi connectivity index (χ2n) is 6.71. The van der Waals surface area contributed by atoms with Gasteiger partial charge in [-0.15, -0.1) is 0 Å². The van der Waals surface area contributed by atoms with Gasteiger partial charge in [0.05, 0.1) is 0 Å². The third-order valence-corrected chi connectivity index (χ3v) is 5.15. The molecule has 1 aliphatic carbocycles. The number of nitrogens with zero attached hydrogens (tertiary/aromatic N) is 3. The first-order chi connectivity index (χ1) is 12.6. The molecule has 7 heteroatoms. The van der Waals surface area contributed by atoms with E-state index in [4.69, 9.17) is 0 Å². The molecule has 0 radical (unpaired) electrons. The Balaban J connectivity index is 1.66. The predicted molar refractivity (Wildman–Crippen MR) is 101 cm³/mol. The van der Waals surface area contributed by atoms with Crippen LogP contribution in [0.15, 0.2) is 48.8 Å². The predicted octanol–water partition coefficient (Wildman–Crippen LogP) is 3.19. The SMILES string of the molecule is CNC1(C)CCc2cc(Nc3nc(-n4cccn4)ccc3NO)ccc21. The molecule has 1 atom stereocenters. The van der Waals surface area contributed by atoms with Crippen molar-refractivity contribution in [2.75, 3.05) is 17.8 Å². The third-order valence-electron chi connectivity index (χ3n) is 5.15. The van der Waals surface area contributed by atoms with Crippen molar-refractivity contribution in [2.24, 2.45) is 0 Å². The molecule has 4 N–H and O–H groups in total. The Morgan fingerprint density at radius 1 is 1.23 bits per heavy atom. The number of pyridine rings is 1. The van der Waals surface area contributed by atoms with Crippen molar-refractivity contribution >= 4 is 17.2 Å². The Labute approximate surface area is 152 Å². The number of hydrogen-bond acceptors (Lipinski definition) is 6. The Morgan fingerprint density at radius 3 is 2.85 bits per heavy atom. The van der Waals surface area contributed by atoms with Crippen LogP contribution in [0, 0.1) is 0 Å². The van der Waals surface area contributed by atoms with E-state index in [0.717, 1.165) is 18.5 Å². The van der Waals surface area contributed by atoms with Crippen LogP contribution in [0.2, 0.25) is 0 Å². The maximum absolute atomic E-state index is 9.41. The van der Waals surface area contributed by atoms with Crippen molar-refractivity contribution in [3.8, 4) is 5.82 Å². The fourth-order valence-electron chi connectivity index (χ4n) is 3.50. The monoisotopic (exact) mass is 350 g/mol. The summed E-state index contributed by atoms with van der Waals surface area (Å²) in [7, 11) is 2.01. The van der Waals surface area contributed by atoms with Gasteiger partial charge in [0.1, 0.15) is 5.69 Å². The van der Waals surface area contributed by atoms with Gasteiger partial charge in [0.2, 0.25) is 0 Å². The summed E-state index contributed by atoms with van der Waals surface area (Å²) in [6.07, 6.45) is 5.64. The van der Waals surface area contributed by atoms with E-state index in [1.165, 1.54) is 11.1 Å². The highest BCUT2D eigenvalue weighted by Crippen LogP contribution is 2.38. The first kappa shape index (κ1) is 16.6. The van der Waals surface area contributed by atoms with E-state index in [0.29, 0.717) is 17.3 Å². The number of fused-ring (bicyclic) bond motifs is 1. The van der Waals surface area contributed by atoms with Crippen LogP contribution < -0.4 is 16.1 Å². The molecule has 1 aliphatic rings. The average Bonchev–Trinajstić information content (AvgIpc) is 3.31.